The summed E-state index contributed by atoms with van der Waals surface area (Å²) in [7, 11) is -3.44. The molecule has 1 fully saturated rings. The van der Waals surface area contributed by atoms with Crippen LogP contribution >= 0.6 is 11.6 Å². The number of aliphatic hydroxyl groups excluding tert-OH is 1. The Morgan fingerprint density at radius 2 is 2.00 bits per heavy atom. The second-order valence-electron chi connectivity index (χ2n) is 10.2. The van der Waals surface area contributed by atoms with E-state index in [-0.39, 0.29) is 53.3 Å². The van der Waals surface area contributed by atoms with Crippen molar-refractivity contribution < 1.29 is 50.1 Å². The maximum Gasteiger partial charge on any atom is 0.391 e. The van der Waals surface area contributed by atoms with Crippen LogP contribution in [0.5, 0.6) is 5.75 Å². The molecule has 16 heteroatoms. The molecule has 0 spiro atoms. The van der Waals surface area contributed by atoms with E-state index in [0.717, 1.165) is 19.2 Å². The van der Waals surface area contributed by atoms with Crippen molar-refractivity contribution in [3.05, 3.63) is 34.5 Å². The quantitative estimate of drug-likeness (QED) is 0.338. The molecule has 3 rings (SSSR count). The van der Waals surface area contributed by atoms with Gasteiger partial charge in [-0.3, -0.25) is 9.48 Å². The first-order valence-electron chi connectivity index (χ1n) is 12.7. The number of ether oxygens (including phenoxy) is 1. The van der Waals surface area contributed by atoms with Crippen LogP contribution in [0.1, 0.15) is 49.2 Å². The first-order chi connectivity index (χ1) is 18.9. The predicted molar refractivity (Wildman–Crippen MR) is 140 cm³/mol. The first-order valence-corrected chi connectivity index (χ1v) is 15.0. The zero-order valence-electron chi connectivity index (χ0n) is 22.4. The standard InChI is InChI=1S/C25H31ClF5N3O6S/c1-4-34-21(16-6-5-14(9-13(2)25(29,30)31)10-17(16)40-23(27)28)19(26)20(33-34)22(36)32-12-24(37)8-7-15(11-18(24)35)41(3,38)39/h5-6,10,13,15,18,23,35,37H,4,7-9,11-12H2,1-3H3,(H,32,36). The Balaban J connectivity index is 1.89. The third kappa shape index (κ3) is 7.67. The minimum atomic E-state index is -4.50. The zero-order chi connectivity index (χ0) is 30.9. The number of sulfone groups is 1. The van der Waals surface area contributed by atoms with Gasteiger partial charge in [-0.25, -0.2) is 8.42 Å². The van der Waals surface area contributed by atoms with E-state index in [4.69, 9.17) is 11.6 Å². The van der Waals surface area contributed by atoms with Gasteiger partial charge in [0.1, 0.15) is 21.2 Å². The highest BCUT2D eigenvalue weighted by molar-refractivity contribution is 7.91. The third-order valence-corrected chi connectivity index (χ3v) is 9.19. The maximum atomic E-state index is 13.3. The van der Waals surface area contributed by atoms with Crippen LogP contribution in [0.4, 0.5) is 22.0 Å². The van der Waals surface area contributed by atoms with E-state index in [2.05, 4.69) is 15.2 Å². The monoisotopic (exact) mass is 631 g/mol. The van der Waals surface area contributed by atoms with Gasteiger partial charge >= 0.3 is 12.8 Å². The van der Waals surface area contributed by atoms with Crippen LogP contribution in [0.3, 0.4) is 0 Å². The Labute approximate surface area is 238 Å². The normalized spacial score (nSPS) is 22.5. The van der Waals surface area contributed by atoms with Crippen LogP contribution in [0, 0.1) is 5.92 Å². The molecule has 9 nitrogen and oxygen atoms in total. The highest BCUT2D eigenvalue weighted by Crippen LogP contribution is 2.39. The van der Waals surface area contributed by atoms with Crippen LogP contribution in [-0.4, -0.2) is 76.9 Å². The Hall–Kier alpha value is -2.49. The van der Waals surface area contributed by atoms with E-state index in [1.165, 1.54) is 16.8 Å². The Morgan fingerprint density at radius 3 is 2.54 bits per heavy atom. The molecule has 1 saturated carbocycles. The van der Waals surface area contributed by atoms with Crippen molar-refractivity contribution in [1.82, 2.24) is 15.1 Å². The lowest BCUT2D eigenvalue weighted by Gasteiger charge is -2.39. The summed E-state index contributed by atoms with van der Waals surface area (Å²) in [6, 6.07) is 3.62. The number of alkyl halides is 5. The van der Waals surface area contributed by atoms with Gasteiger partial charge in [-0.2, -0.15) is 27.1 Å². The van der Waals surface area contributed by atoms with Crippen molar-refractivity contribution in [2.75, 3.05) is 12.8 Å². The molecular weight excluding hydrogens is 601 g/mol. The molecule has 0 saturated heterocycles. The number of aromatic nitrogens is 2. The smallest absolute Gasteiger partial charge is 0.391 e. The number of carbonyl (C=O) groups excluding carboxylic acids is 1. The summed E-state index contributed by atoms with van der Waals surface area (Å²) in [5.41, 5.74) is -2.12. The lowest BCUT2D eigenvalue weighted by molar-refractivity contribution is -0.169. The Kier molecular flexibility index (Phi) is 9.98. The minimum absolute atomic E-state index is 0.00204. The molecule has 4 atom stereocenters. The van der Waals surface area contributed by atoms with Crippen LogP contribution in [0.2, 0.25) is 5.02 Å². The SMILES string of the molecule is CCn1nc(C(=O)NCC2(O)CCC(S(C)(=O)=O)CC2O)c(Cl)c1-c1ccc(CC(C)C(F)(F)F)cc1OC(F)F. The van der Waals surface area contributed by atoms with E-state index in [9.17, 15) is 45.4 Å². The summed E-state index contributed by atoms with van der Waals surface area (Å²) in [4.78, 5) is 13.0. The largest absolute Gasteiger partial charge is 0.434 e. The lowest BCUT2D eigenvalue weighted by Crippen LogP contribution is -2.56. The molecule has 230 valence electrons. The lowest BCUT2D eigenvalue weighted by atomic mass is 9.82. The minimum Gasteiger partial charge on any atom is -0.434 e. The van der Waals surface area contributed by atoms with Crippen molar-refractivity contribution in [3.63, 3.8) is 0 Å². The molecule has 1 aliphatic carbocycles. The van der Waals surface area contributed by atoms with Crippen LogP contribution < -0.4 is 10.1 Å². The molecule has 1 heterocycles. The number of nitrogens with one attached hydrogen (secondary N) is 1. The number of carbonyl (C=O) groups is 1. The maximum absolute atomic E-state index is 13.3. The van der Waals surface area contributed by atoms with Crippen molar-refractivity contribution in [3.8, 4) is 17.0 Å². The molecule has 0 bridgehead atoms. The number of benzene rings is 1. The van der Waals surface area contributed by atoms with Gasteiger partial charge in [-0.1, -0.05) is 24.6 Å². The molecule has 2 aromatic rings. The highest BCUT2D eigenvalue weighted by atomic mass is 35.5. The van der Waals surface area contributed by atoms with Gasteiger partial charge in [-0.05, 0) is 50.3 Å². The number of halogens is 6. The average Bonchev–Trinajstić information content (AvgIpc) is 3.19. The van der Waals surface area contributed by atoms with E-state index in [0.29, 0.717) is 0 Å². The molecule has 1 amide bonds. The summed E-state index contributed by atoms with van der Waals surface area (Å²) in [5, 5.41) is 26.7. The molecule has 3 N–H and O–H groups in total. The van der Waals surface area contributed by atoms with E-state index in [1.807, 2.05) is 0 Å². The fourth-order valence-corrected chi connectivity index (χ4v) is 6.10. The topological polar surface area (TPSA) is 131 Å². The second-order valence-corrected chi connectivity index (χ2v) is 12.9. The highest BCUT2D eigenvalue weighted by Gasteiger charge is 2.44. The molecular formula is C25H31ClF5N3O6S. The fourth-order valence-electron chi connectivity index (χ4n) is 4.70. The van der Waals surface area contributed by atoms with E-state index >= 15 is 0 Å². The van der Waals surface area contributed by atoms with Crippen molar-refractivity contribution in [2.45, 2.75) is 75.8 Å². The first kappa shape index (κ1) is 33.0. The molecule has 1 aromatic carbocycles. The van der Waals surface area contributed by atoms with Gasteiger partial charge in [0.2, 0.25) is 0 Å². The van der Waals surface area contributed by atoms with Crippen LogP contribution in [-0.2, 0) is 22.8 Å². The van der Waals surface area contributed by atoms with Crippen molar-refractivity contribution in [2.24, 2.45) is 5.92 Å². The summed E-state index contributed by atoms with van der Waals surface area (Å²) in [5.74, 6) is -3.08. The number of hydrogen-bond donors (Lipinski definition) is 3. The summed E-state index contributed by atoms with van der Waals surface area (Å²) < 4.78 is 95.1. The van der Waals surface area contributed by atoms with E-state index < -0.39 is 70.1 Å². The van der Waals surface area contributed by atoms with Gasteiger partial charge in [0.05, 0.1) is 28.0 Å². The van der Waals surface area contributed by atoms with Gasteiger partial charge in [0.25, 0.3) is 5.91 Å². The second kappa shape index (κ2) is 12.4. The molecule has 4 unspecified atom stereocenters. The molecule has 1 aliphatic rings. The number of amides is 1. The Morgan fingerprint density at radius 1 is 1.34 bits per heavy atom. The van der Waals surface area contributed by atoms with Gasteiger partial charge < -0.3 is 20.3 Å². The zero-order valence-corrected chi connectivity index (χ0v) is 24.0. The van der Waals surface area contributed by atoms with E-state index in [1.54, 1.807) is 6.92 Å². The summed E-state index contributed by atoms with van der Waals surface area (Å²) in [6.45, 7) is -1.07. The van der Waals surface area contributed by atoms with Gasteiger partial charge in [0.15, 0.2) is 5.69 Å². The number of aryl methyl sites for hydroxylation is 1. The van der Waals surface area contributed by atoms with Gasteiger partial charge in [-0.15, -0.1) is 0 Å². The number of nitrogens with zero attached hydrogens (tertiary/aromatic N) is 2. The molecule has 41 heavy (non-hydrogen) atoms. The molecule has 1 aromatic heterocycles. The van der Waals surface area contributed by atoms with Crippen molar-refractivity contribution >= 4 is 27.3 Å². The number of hydrogen-bond acceptors (Lipinski definition) is 7. The average molecular weight is 632 g/mol. The van der Waals surface area contributed by atoms with Crippen LogP contribution in [0.15, 0.2) is 18.2 Å². The molecule has 0 radical (unpaired) electrons. The number of aliphatic hydroxyl groups is 2. The number of rotatable bonds is 10. The summed E-state index contributed by atoms with van der Waals surface area (Å²) >= 11 is 6.47. The third-order valence-electron chi connectivity index (χ3n) is 7.19. The predicted octanol–water partition coefficient (Wildman–Crippen LogP) is 3.98. The summed E-state index contributed by atoms with van der Waals surface area (Å²) in [6.07, 6.45) is -5.64. The van der Waals surface area contributed by atoms with Gasteiger partial charge in [0, 0.05) is 24.9 Å². The Bertz CT molecular complexity index is 1370. The van der Waals surface area contributed by atoms with Crippen LogP contribution in [0.25, 0.3) is 11.3 Å². The fraction of sp³-hybridized carbons (Fsp3) is 0.600. The molecule has 0 aliphatic heterocycles. The van der Waals surface area contributed by atoms with Crippen molar-refractivity contribution in [1.29, 1.82) is 0 Å².